The lowest BCUT2D eigenvalue weighted by atomic mass is 10.2. The number of benzene rings is 2. The Morgan fingerprint density at radius 1 is 1.25 bits per heavy atom. The second kappa shape index (κ2) is 6.06. The number of hydrogen-bond donors (Lipinski definition) is 1. The van der Waals surface area contributed by atoms with Crippen molar-refractivity contribution in [2.45, 2.75) is 9.79 Å². The molecule has 0 aromatic heterocycles. The van der Waals surface area contributed by atoms with Crippen molar-refractivity contribution in [1.29, 1.82) is 0 Å². The molecular weight excluding hydrogens is 346 g/mol. The van der Waals surface area contributed by atoms with Crippen molar-refractivity contribution in [3.63, 3.8) is 0 Å². The van der Waals surface area contributed by atoms with Gasteiger partial charge in [-0.15, -0.1) is 0 Å². The van der Waals surface area contributed by atoms with Crippen LogP contribution in [0.1, 0.15) is 10.4 Å². The van der Waals surface area contributed by atoms with Crippen LogP contribution in [0.4, 0.5) is 5.69 Å². The lowest BCUT2D eigenvalue weighted by Gasteiger charge is -2.05. The smallest absolute Gasteiger partial charge is 0.342 e. The summed E-state index contributed by atoms with van der Waals surface area (Å²) < 4.78 is 0.870. The number of halogens is 1. The summed E-state index contributed by atoms with van der Waals surface area (Å²) in [4.78, 5) is 22.7. The molecule has 0 atom stereocenters. The van der Waals surface area contributed by atoms with E-state index in [4.69, 9.17) is 5.11 Å². The van der Waals surface area contributed by atoms with Gasteiger partial charge in [0.25, 0.3) is 5.69 Å². The largest absolute Gasteiger partial charge is 0.477 e. The molecule has 2 aromatic carbocycles. The van der Waals surface area contributed by atoms with Gasteiger partial charge in [-0.2, -0.15) is 0 Å². The lowest BCUT2D eigenvalue weighted by Crippen LogP contribution is -2.02. The molecule has 0 aliphatic carbocycles. The molecule has 0 heterocycles. The van der Waals surface area contributed by atoms with Crippen LogP contribution in [0.25, 0.3) is 0 Å². The van der Waals surface area contributed by atoms with E-state index in [1.807, 2.05) is 24.3 Å². The molecule has 0 aliphatic heterocycles. The van der Waals surface area contributed by atoms with Crippen molar-refractivity contribution in [2.75, 3.05) is 0 Å². The summed E-state index contributed by atoms with van der Waals surface area (Å²) >= 11 is 4.71. The molecule has 5 nitrogen and oxygen atoms in total. The van der Waals surface area contributed by atoms with Crippen molar-refractivity contribution < 1.29 is 14.8 Å². The molecule has 0 bridgehead atoms. The fourth-order valence-corrected chi connectivity index (χ4v) is 2.96. The van der Waals surface area contributed by atoms with Crippen LogP contribution in [0.3, 0.4) is 0 Å². The fraction of sp³-hybridized carbons (Fsp3) is 0. The van der Waals surface area contributed by atoms with Crippen LogP contribution in [0.15, 0.2) is 56.7 Å². The Hall–Kier alpha value is -1.86. The molecule has 0 saturated carbocycles. The van der Waals surface area contributed by atoms with Gasteiger partial charge >= 0.3 is 5.97 Å². The molecule has 0 amide bonds. The molecule has 0 saturated heterocycles. The van der Waals surface area contributed by atoms with Crippen LogP contribution >= 0.6 is 27.7 Å². The van der Waals surface area contributed by atoms with E-state index in [1.165, 1.54) is 23.9 Å². The molecule has 0 spiro atoms. The Kier molecular flexibility index (Phi) is 4.41. The van der Waals surface area contributed by atoms with Crippen LogP contribution in [0.2, 0.25) is 0 Å². The first-order valence-corrected chi connectivity index (χ1v) is 7.04. The van der Waals surface area contributed by atoms with E-state index in [9.17, 15) is 14.9 Å². The minimum atomic E-state index is -1.31. The Bertz CT molecular complexity index is 690. The Balaban J connectivity index is 2.40. The molecule has 2 rings (SSSR count). The molecule has 0 fully saturated rings. The first-order valence-electron chi connectivity index (χ1n) is 5.43. The van der Waals surface area contributed by atoms with Gasteiger partial charge in [0.2, 0.25) is 0 Å². The molecule has 20 heavy (non-hydrogen) atoms. The van der Waals surface area contributed by atoms with E-state index in [-0.39, 0.29) is 5.56 Å². The number of rotatable bonds is 4. The van der Waals surface area contributed by atoms with Gasteiger partial charge in [-0.25, -0.2) is 4.79 Å². The van der Waals surface area contributed by atoms with Gasteiger partial charge in [-0.05, 0) is 40.2 Å². The van der Waals surface area contributed by atoms with Gasteiger partial charge < -0.3 is 5.11 Å². The normalized spacial score (nSPS) is 10.2. The Labute approximate surface area is 126 Å². The third-order valence-electron chi connectivity index (χ3n) is 2.46. The van der Waals surface area contributed by atoms with Crippen LogP contribution in [-0.2, 0) is 0 Å². The van der Waals surface area contributed by atoms with Gasteiger partial charge in [-0.1, -0.05) is 23.9 Å². The first kappa shape index (κ1) is 14.5. The number of aromatic carboxylic acids is 1. The number of carbonyl (C=O) groups is 1. The second-order valence-electron chi connectivity index (χ2n) is 3.77. The summed E-state index contributed by atoms with van der Waals surface area (Å²) in [6, 6.07) is 11.5. The van der Waals surface area contributed by atoms with Crippen molar-refractivity contribution in [3.8, 4) is 0 Å². The second-order valence-corrected chi connectivity index (χ2v) is 5.74. The number of carboxylic acid groups (broad SMARTS) is 1. The monoisotopic (exact) mass is 353 g/mol. The van der Waals surface area contributed by atoms with E-state index in [2.05, 4.69) is 15.9 Å². The zero-order valence-corrected chi connectivity index (χ0v) is 12.3. The number of hydrogen-bond acceptors (Lipinski definition) is 4. The predicted molar refractivity (Wildman–Crippen MR) is 78.3 cm³/mol. The van der Waals surface area contributed by atoms with E-state index in [1.54, 1.807) is 6.07 Å². The van der Waals surface area contributed by atoms with Crippen molar-refractivity contribution >= 4 is 39.3 Å². The highest BCUT2D eigenvalue weighted by Crippen LogP contribution is 2.35. The average Bonchev–Trinajstić information content (AvgIpc) is 2.41. The fourth-order valence-electron chi connectivity index (χ4n) is 1.56. The Morgan fingerprint density at radius 2 is 1.95 bits per heavy atom. The molecule has 102 valence electrons. The number of carboxylic acids is 1. The standard InChI is InChI=1S/C13H8BrNO4S/c14-10-3-1-2-4-12(10)20-8-5-6-9(13(16)17)11(7-8)15(18)19/h1-7H,(H,16,17). The summed E-state index contributed by atoms with van der Waals surface area (Å²) in [6.45, 7) is 0. The SMILES string of the molecule is O=C(O)c1ccc(Sc2ccccc2Br)cc1[N+](=O)[O-]. The molecular formula is C13H8BrNO4S. The molecule has 0 radical (unpaired) electrons. The van der Waals surface area contributed by atoms with Gasteiger partial charge in [0, 0.05) is 20.3 Å². The zero-order valence-electron chi connectivity index (χ0n) is 9.95. The summed E-state index contributed by atoms with van der Waals surface area (Å²) in [5, 5.41) is 19.8. The number of nitro benzene ring substituents is 1. The highest BCUT2D eigenvalue weighted by atomic mass is 79.9. The van der Waals surface area contributed by atoms with Gasteiger partial charge in [0.15, 0.2) is 0 Å². The summed E-state index contributed by atoms with van der Waals surface area (Å²) in [5.41, 5.74) is -0.721. The van der Waals surface area contributed by atoms with Crippen LogP contribution in [0, 0.1) is 10.1 Å². The minimum Gasteiger partial charge on any atom is -0.477 e. The highest BCUT2D eigenvalue weighted by Gasteiger charge is 2.20. The van der Waals surface area contributed by atoms with E-state index in [0.717, 1.165) is 9.37 Å². The maximum Gasteiger partial charge on any atom is 0.342 e. The summed E-state index contributed by atoms with van der Waals surface area (Å²) in [5.74, 6) is -1.31. The van der Waals surface area contributed by atoms with Gasteiger partial charge in [-0.3, -0.25) is 10.1 Å². The topological polar surface area (TPSA) is 80.4 Å². The van der Waals surface area contributed by atoms with Crippen molar-refractivity contribution in [2.24, 2.45) is 0 Å². The summed E-state index contributed by atoms with van der Waals surface area (Å²) in [7, 11) is 0. The third-order valence-corrected chi connectivity index (χ3v) is 4.48. The predicted octanol–water partition coefficient (Wildman–Crippen LogP) is 4.21. The highest BCUT2D eigenvalue weighted by molar-refractivity contribution is 9.10. The lowest BCUT2D eigenvalue weighted by molar-refractivity contribution is -0.385. The number of nitrogens with zero attached hydrogens (tertiary/aromatic N) is 1. The van der Waals surface area contributed by atoms with Crippen LogP contribution < -0.4 is 0 Å². The van der Waals surface area contributed by atoms with E-state index in [0.29, 0.717) is 4.90 Å². The molecule has 2 aromatic rings. The maximum absolute atomic E-state index is 10.9. The summed E-state index contributed by atoms with van der Waals surface area (Å²) in [6.07, 6.45) is 0. The minimum absolute atomic E-state index is 0.313. The van der Waals surface area contributed by atoms with Gasteiger partial charge in [0.1, 0.15) is 5.56 Å². The molecule has 0 aliphatic rings. The first-order chi connectivity index (χ1) is 9.49. The van der Waals surface area contributed by atoms with Gasteiger partial charge in [0.05, 0.1) is 4.92 Å². The average molecular weight is 354 g/mol. The third kappa shape index (κ3) is 3.17. The number of nitro groups is 1. The van der Waals surface area contributed by atoms with Crippen LogP contribution in [0.5, 0.6) is 0 Å². The van der Waals surface area contributed by atoms with E-state index >= 15 is 0 Å². The molecule has 0 unspecified atom stereocenters. The van der Waals surface area contributed by atoms with Crippen molar-refractivity contribution in [1.82, 2.24) is 0 Å². The molecule has 1 N–H and O–H groups in total. The van der Waals surface area contributed by atoms with Crippen LogP contribution in [-0.4, -0.2) is 16.0 Å². The quantitative estimate of drug-likeness (QED) is 0.657. The van der Waals surface area contributed by atoms with E-state index < -0.39 is 16.6 Å². The molecule has 7 heteroatoms. The zero-order chi connectivity index (χ0) is 14.7. The van der Waals surface area contributed by atoms with Crippen molar-refractivity contribution in [3.05, 3.63) is 62.6 Å². The maximum atomic E-state index is 10.9. The Morgan fingerprint density at radius 3 is 2.55 bits per heavy atom.